The minimum absolute atomic E-state index is 0.00399. The Morgan fingerprint density at radius 3 is 2.04 bits per heavy atom. The highest BCUT2D eigenvalue weighted by molar-refractivity contribution is 7.92. The Bertz CT molecular complexity index is 1700. The number of benzene rings is 4. The highest BCUT2D eigenvalue weighted by atomic mass is 35.5. The number of carbonyl (C=O) groups excluding carboxylic acids is 2. The largest absolute Gasteiger partial charge is 0.352 e. The summed E-state index contributed by atoms with van der Waals surface area (Å²) >= 11 is 12.5. The maximum absolute atomic E-state index is 14.5. The summed E-state index contributed by atoms with van der Waals surface area (Å²) in [5, 5.41) is 3.42. The number of nitrogens with one attached hydrogen (secondary N) is 1. The van der Waals surface area contributed by atoms with Gasteiger partial charge in [0.2, 0.25) is 11.8 Å². The molecule has 0 unspecified atom stereocenters. The maximum atomic E-state index is 14.5. The highest BCUT2D eigenvalue weighted by Gasteiger charge is 2.35. The summed E-state index contributed by atoms with van der Waals surface area (Å²) in [4.78, 5) is 29.9. The van der Waals surface area contributed by atoms with Crippen LogP contribution in [0.3, 0.4) is 0 Å². The van der Waals surface area contributed by atoms with Crippen LogP contribution in [0.15, 0.2) is 108 Å². The van der Waals surface area contributed by atoms with Gasteiger partial charge in [-0.15, -0.1) is 0 Å². The molecule has 4 aromatic rings. The predicted octanol–water partition coefficient (Wildman–Crippen LogP) is 7.05. The number of anilines is 1. The molecule has 7 nitrogen and oxygen atoms in total. The van der Waals surface area contributed by atoms with Gasteiger partial charge in [0.15, 0.2) is 0 Å². The monoisotopic (exact) mass is 665 g/mol. The van der Waals surface area contributed by atoms with Gasteiger partial charge in [-0.25, -0.2) is 8.42 Å². The molecule has 10 heteroatoms. The molecule has 0 fully saturated rings. The first-order valence-corrected chi connectivity index (χ1v) is 16.9. The third-order valence-electron chi connectivity index (χ3n) is 7.55. The number of hydrogen-bond donors (Lipinski definition) is 1. The van der Waals surface area contributed by atoms with Gasteiger partial charge in [0.25, 0.3) is 10.0 Å². The fourth-order valence-electron chi connectivity index (χ4n) is 4.77. The Morgan fingerprint density at radius 1 is 0.822 bits per heavy atom. The van der Waals surface area contributed by atoms with Gasteiger partial charge in [-0.1, -0.05) is 108 Å². The van der Waals surface area contributed by atoms with E-state index < -0.39 is 28.5 Å². The van der Waals surface area contributed by atoms with Gasteiger partial charge in [0.05, 0.1) is 20.6 Å². The first kappa shape index (κ1) is 34.0. The fourth-order valence-corrected chi connectivity index (χ4v) is 6.49. The van der Waals surface area contributed by atoms with Crippen LogP contribution in [0.1, 0.15) is 37.0 Å². The lowest BCUT2D eigenvalue weighted by molar-refractivity contribution is -0.140. The smallest absolute Gasteiger partial charge is 0.264 e. The highest BCUT2D eigenvalue weighted by Crippen LogP contribution is 2.31. The molecule has 0 spiro atoms. The van der Waals surface area contributed by atoms with Crippen LogP contribution in [0, 0.1) is 6.92 Å². The van der Waals surface area contributed by atoms with Crippen LogP contribution in [0.25, 0.3) is 0 Å². The Balaban J connectivity index is 1.81. The third-order valence-corrected chi connectivity index (χ3v) is 10.1. The molecule has 0 heterocycles. The zero-order chi connectivity index (χ0) is 32.6. The predicted molar refractivity (Wildman–Crippen MR) is 181 cm³/mol. The second-order valence-corrected chi connectivity index (χ2v) is 13.6. The van der Waals surface area contributed by atoms with Gasteiger partial charge in [-0.3, -0.25) is 13.9 Å². The summed E-state index contributed by atoms with van der Waals surface area (Å²) in [7, 11) is -4.24. The van der Waals surface area contributed by atoms with Crippen molar-refractivity contribution in [2.45, 2.75) is 57.1 Å². The van der Waals surface area contributed by atoms with E-state index in [1.54, 1.807) is 18.2 Å². The van der Waals surface area contributed by atoms with Gasteiger partial charge in [0.1, 0.15) is 12.6 Å². The molecule has 2 atom stereocenters. The van der Waals surface area contributed by atoms with Crippen LogP contribution in [0.4, 0.5) is 5.69 Å². The van der Waals surface area contributed by atoms with Crippen molar-refractivity contribution < 1.29 is 18.0 Å². The number of rotatable bonds is 13. The Kier molecular flexibility index (Phi) is 11.7. The standard InChI is InChI=1S/C35H37Cl2N3O4S/c1-4-26(3)38-35(42)33(21-27-11-7-5-8-12-27)39(23-28-17-15-25(2)16-18-28)34(41)24-40(29-19-20-31(36)32(37)22-29)45(43,44)30-13-9-6-10-14-30/h5-20,22,26,33H,4,21,23-24H2,1-3H3,(H,38,42)/t26-,33-/m0/s1. The van der Waals surface area contributed by atoms with Crippen LogP contribution in [0.5, 0.6) is 0 Å². The summed E-state index contributed by atoms with van der Waals surface area (Å²) in [6.07, 6.45) is 0.940. The van der Waals surface area contributed by atoms with Gasteiger partial charge in [0, 0.05) is 19.0 Å². The van der Waals surface area contributed by atoms with E-state index in [2.05, 4.69) is 5.32 Å². The molecule has 236 valence electrons. The first-order chi connectivity index (χ1) is 21.5. The Hall–Kier alpha value is -3.85. The SMILES string of the molecule is CC[C@H](C)NC(=O)[C@H](Cc1ccccc1)N(Cc1ccc(C)cc1)C(=O)CN(c1ccc(Cl)c(Cl)c1)S(=O)(=O)c1ccccc1. The lowest BCUT2D eigenvalue weighted by atomic mass is 10.0. The lowest BCUT2D eigenvalue weighted by Crippen LogP contribution is -2.54. The fraction of sp³-hybridized carbons (Fsp3) is 0.257. The molecule has 4 aromatic carbocycles. The number of carbonyl (C=O) groups is 2. The van der Waals surface area contributed by atoms with Crippen molar-refractivity contribution in [3.8, 4) is 0 Å². The summed E-state index contributed by atoms with van der Waals surface area (Å²) in [6, 6.07) is 28.3. The third kappa shape index (κ3) is 8.87. The number of halogens is 2. The molecule has 45 heavy (non-hydrogen) atoms. The van der Waals surface area contributed by atoms with E-state index in [9.17, 15) is 18.0 Å². The molecule has 0 bridgehead atoms. The number of aryl methyl sites for hydroxylation is 1. The topological polar surface area (TPSA) is 86.8 Å². The van der Waals surface area contributed by atoms with Crippen LogP contribution in [0.2, 0.25) is 10.0 Å². The van der Waals surface area contributed by atoms with Gasteiger partial charge < -0.3 is 10.2 Å². The van der Waals surface area contributed by atoms with E-state index >= 15 is 0 Å². The normalized spacial score (nSPS) is 12.6. The van der Waals surface area contributed by atoms with Crippen LogP contribution < -0.4 is 9.62 Å². The van der Waals surface area contributed by atoms with Crippen LogP contribution in [-0.2, 0) is 32.6 Å². The van der Waals surface area contributed by atoms with E-state index in [1.807, 2.05) is 75.4 Å². The molecule has 0 aromatic heterocycles. The summed E-state index contributed by atoms with van der Waals surface area (Å²) in [5.74, 6) is -0.873. The van der Waals surface area contributed by atoms with Crippen molar-refractivity contribution in [1.29, 1.82) is 0 Å². The number of hydrogen-bond acceptors (Lipinski definition) is 4. The van der Waals surface area contributed by atoms with Crippen molar-refractivity contribution in [2.24, 2.45) is 0 Å². The van der Waals surface area contributed by atoms with E-state index in [1.165, 1.54) is 35.2 Å². The minimum atomic E-state index is -4.24. The number of sulfonamides is 1. The minimum Gasteiger partial charge on any atom is -0.352 e. The molecule has 0 saturated heterocycles. The Labute approximate surface area is 275 Å². The molecule has 0 aliphatic rings. The van der Waals surface area contributed by atoms with Crippen molar-refractivity contribution in [3.63, 3.8) is 0 Å². The van der Waals surface area contributed by atoms with Crippen molar-refractivity contribution in [2.75, 3.05) is 10.8 Å². The quantitative estimate of drug-likeness (QED) is 0.166. The maximum Gasteiger partial charge on any atom is 0.264 e. The molecule has 0 aliphatic heterocycles. The van der Waals surface area contributed by atoms with E-state index in [-0.39, 0.29) is 45.5 Å². The number of nitrogens with zero attached hydrogens (tertiary/aromatic N) is 2. The second-order valence-electron chi connectivity index (χ2n) is 11.0. The summed E-state index contributed by atoms with van der Waals surface area (Å²) < 4.78 is 29.1. The lowest BCUT2D eigenvalue weighted by Gasteiger charge is -2.34. The van der Waals surface area contributed by atoms with E-state index in [0.29, 0.717) is 6.42 Å². The summed E-state index contributed by atoms with van der Waals surface area (Å²) in [5.41, 5.74) is 2.88. The van der Waals surface area contributed by atoms with Crippen molar-refractivity contribution in [3.05, 3.63) is 130 Å². The molecular weight excluding hydrogens is 629 g/mol. The van der Waals surface area contributed by atoms with Crippen LogP contribution >= 0.6 is 23.2 Å². The van der Waals surface area contributed by atoms with Gasteiger partial charge in [-0.05, 0) is 61.7 Å². The van der Waals surface area contributed by atoms with E-state index in [0.717, 1.165) is 21.0 Å². The van der Waals surface area contributed by atoms with E-state index in [4.69, 9.17) is 23.2 Å². The first-order valence-electron chi connectivity index (χ1n) is 14.7. The average molecular weight is 667 g/mol. The van der Waals surface area contributed by atoms with Gasteiger partial charge in [-0.2, -0.15) is 0 Å². The Morgan fingerprint density at radius 2 is 1.44 bits per heavy atom. The molecule has 0 aliphatic carbocycles. The molecule has 0 saturated carbocycles. The van der Waals surface area contributed by atoms with Crippen molar-refractivity contribution in [1.82, 2.24) is 10.2 Å². The zero-order valence-corrected chi connectivity index (χ0v) is 27.8. The van der Waals surface area contributed by atoms with Crippen molar-refractivity contribution >= 4 is 50.7 Å². The zero-order valence-electron chi connectivity index (χ0n) is 25.5. The molecule has 1 N–H and O–H groups in total. The van der Waals surface area contributed by atoms with Gasteiger partial charge >= 0.3 is 0 Å². The molecule has 0 radical (unpaired) electrons. The molecule has 4 rings (SSSR count). The average Bonchev–Trinajstić information content (AvgIpc) is 3.04. The molecular formula is C35H37Cl2N3O4S. The summed E-state index contributed by atoms with van der Waals surface area (Å²) in [6.45, 7) is 5.35. The second kappa shape index (κ2) is 15.4. The van der Waals surface area contributed by atoms with Crippen LogP contribution in [-0.4, -0.2) is 43.8 Å². The number of amides is 2. The molecule has 2 amide bonds.